The second kappa shape index (κ2) is 5.87. The van der Waals surface area contributed by atoms with E-state index in [0.29, 0.717) is 23.4 Å². The fourth-order valence-corrected chi connectivity index (χ4v) is 3.66. The van der Waals surface area contributed by atoms with Gasteiger partial charge in [-0.3, -0.25) is 4.57 Å². The van der Waals surface area contributed by atoms with Crippen LogP contribution in [0.5, 0.6) is 0 Å². The van der Waals surface area contributed by atoms with Gasteiger partial charge < -0.3 is 25.1 Å². The zero-order valence-electron chi connectivity index (χ0n) is 14.5. The van der Waals surface area contributed by atoms with Crippen molar-refractivity contribution in [3.8, 4) is 0 Å². The number of imidazole rings is 1. The van der Waals surface area contributed by atoms with Crippen molar-refractivity contribution in [2.75, 3.05) is 5.73 Å². The van der Waals surface area contributed by atoms with Crippen molar-refractivity contribution in [2.45, 2.75) is 70.0 Å². The van der Waals surface area contributed by atoms with Gasteiger partial charge in [0.1, 0.15) is 30.2 Å². The number of anilines is 1. The Hall–Kier alpha value is -1.81. The summed E-state index contributed by atoms with van der Waals surface area (Å²) in [6.45, 7) is 5.74. The van der Waals surface area contributed by atoms with Gasteiger partial charge in [0, 0.05) is 0 Å². The van der Waals surface area contributed by atoms with E-state index in [1.165, 1.54) is 6.33 Å². The van der Waals surface area contributed by atoms with Crippen molar-refractivity contribution in [2.24, 2.45) is 0 Å². The standard InChI is InChI=1S/C16H23N5O4/c1-4-5-8(22)10-11-12(25-16(2,3)24-11)15(23-10)21-7-20-9-13(17)18-6-19-14(9)21/h6-8,10-12,15,22H,4-5H2,1-3H3,(H2,17,18,19)/t8-,10+,11+,12+,15+/m0/s1. The summed E-state index contributed by atoms with van der Waals surface area (Å²) in [7, 11) is 0. The molecule has 0 spiro atoms. The first kappa shape index (κ1) is 16.6. The number of rotatable bonds is 4. The van der Waals surface area contributed by atoms with Crippen LogP contribution in [-0.2, 0) is 14.2 Å². The molecular weight excluding hydrogens is 326 g/mol. The number of fused-ring (bicyclic) bond motifs is 2. The number of hydrogen-bond acceptors (Lipinski definition) is 8. The molecule has 5 atom stereocenters. The summed E-state index contributed by atoms with van der Waals surface area (Å²) in [6, 6.07) is 0. The minimum absolute atomic E-state index is 0.310. The van der Waals surface area contributed by atoms with E-state index in [1.807, 2.05) is 20.8 Å². The SMILES string of the molecule is CCC[C@H](O)[C@H]1O[C@@H](n2cnc3c(N)ncnc32)[C@@H]2OC(C)(C)O[C@@H]21. The van der Waals surface area contributed by atoms with Crippen LogP contribution in [0.4, 0.5) is 5.82 Å². The smallest absolute Gasteiger partial charge is 0.167 e. The third-order valence-corrected chi connectivity index (χ3v) is 4.69. The molecular formula is C16H23N5O4. The number of nitrogens with two attached hydrogens (primary N) is 1. The van der Waals surface area contributed by atoms with Gasteiger partial charge in [-0.25, -0.2) is 15.0 Å². The van der Waals surface area contributed by atoms with Crippen molar-refractivity contribution in [3.63, 3.8) is 0 Å². The molecule has 0 unspecified atom stereocenters. The fraction of sp³-hybridized carbons (Fsp3) is 0.688. The Morgan fingerprint density at radius 3 is 2.80 bits per heavy atom. The maximum Gasteiger partial charge on any atom is 0.167 e. The second-order valence-corrected chi connectivity index (χ2v) is 7.00. The van der Waals surface area contributed by atoms with Gasteiger partial charge in [0.25, 0.3) is 0 Å². The van der Waals surface area contributed by atoms with Crippen LogP contribution in [0.3, 0.4) is 0 Å². The normalized spacial score (nSPS) is 32.2. The Balaban J connectivity index is 1.72. The average Bonchev–Trinajstić information content (AvgIpc) is 3.18. The van der Waals surface area contributed by atoms with E-state index in [0.717, 1.165) is 6.42 Å². The van der Waals surface area contributed by atoms with Gasteiger partial charge in [0.15, 0.2) is 23.5 Å². The summed E-state index contributed by atoms with van der Waals surface area (Å²) < 4.78 is 20.0. The van der Waals surface area contributed by atoms with E-state index in [1.54, 1.807) is 10.9 Å². The molecule has 4 rings (SSSR count). The van der Waals surface area contributed by atoms with Crippen LogP contribution in [-0.4, -0.2) is 54.8 Å². The quantitative estimate of drug-likeness (QED) is 0.839. The molecule has 0 aromatic carbocycles. The van der Waals surface area contributed by atoms with Crippen LogP contribution in [0.1, 0.15) is 39.8 Å². The maximum atomic E-state index is 10.5. The van der Waals surface area contributed by atoms with E-state index in [-0.39, 0.29) is 12.2 Å². The maximum absolute atomic E-state index is 10.5. The average molecular weight is 349 g/mol. The summed E-state index contributed by atoms with van der Waals surface area (Å²) in [4.78, 5) is 12.5. The molecule has 2 aromatic rings. The topological polar surface area (TPSA) is 118 Å². The van der Waals surface area contributed by atoms with E-state index in [2.05, 4.69) is 15.0 Å². The first-order valence-electron chi connectivity index (χ1n) is 8.53. The fourth-order valence-electron chi connectivity index (χ4n) is 3.66. The van der Waals surface area contributed by atoms with Crippen LogP contribution in [0.15, 0.2) is 12.7 Å². The number of aliphatic hydroxyl groups is 1. The third kappa shape index (κ3) is 2.67. The van der Waals surface area contributed by atoms with Gasteiger partial charge in [-0.1, -0.05) is 13.3 Å². The minimum atomic E-state index is -0.744. The summed E-state index contributed by atoms with van der Waals surface area (Å²) >= 11 is 0. The molecule has 0 saturated carbocycles. The van der Waals surface area contributed by atoms with Gasteiger partial charge in [-0.15, -0.1) is 0 Å². The molecule has 2 aliphatic heterocycles. The molecule has 3 N–H and O–H groups in total. The van der Waals surface area contributed by atoms with Crippen molar-refractivity contribution in [1.29, 1.82) is 0 Å². The van der Waals surface area contributed by atoms with Gasteiger partial charge in [-0.05, 0) is 20.3 Å². The second-order valence-electron chi connectivity index (χ2n) is 7.00. The highest BCUT2D eigenvalue weighted by atomic mass is 16.8. The predicted molar refractivity (Wildman–Crippen MR) is 88.4 cm³/mol. The number of nitrogen functional groups attached to an aromatic ring is 1. The van der Waals surface area contributed by atoms with E-state index in [4.69, 9.17) is 19.9 Å². The highest BCUT2D eigenvalue weighted by Gasteiger charge is 2.57. The van der Waals surface area contributed by atoms with Crippen molar-refractivity contribution in [1.82, 2.24) is 19.5 Å². The molecule has 4 heterocycles. The lowest BCUT2D eigenvalue weighted by Gasteiger charge is -2.26. The lowest BCUT2D eigenvalue weighted by Crippen LogP contribution is -2.38. The summed E-state index contributed by atoms with van der Waals surface area (Å²) in [5.74, 6) is -0.434. The molecule has 2 aromatic heterocycles. The Bertz CT molecular complexity index is 779. The third-order valence-electron chi connectivity index (χ3n) is 4.69. The molecule has 25 heavy (non-hydrogen) atoms. The number of aliphatic hydroxyl groups excluding tert-OH is 1. The minimum Gasteiger partial charge on any atom is -0.390 e. The van der Waals surface area contributed by atoms with Gasteiger partial charge in [0.05, 0.1) is 12.4 Å². The zero-order chi connectivity index (χ0) is 17.8. The van der Waals surface area contributed by atoms with Gasteiger partial charge >= 0.3 is 0 Å². The molecule has 9 heteroatoms. The van der Waals surface area contributed by atoms with Gasteiger partial charge in [0.2, 0.25) is 0 Å². The van der Waals surface area contributed by atoms with E-state index >= 15 is 0 Å². The summed E-state index contributed by atoms with van der Waals surface area (Å²) in [5.41, 5.74) is 6.95. The molecule has 2 fully saturated rings. The lowest BCUT2D eigenvalue weighted by atomic mass is 10.0. The first-order chi connectivity index (χ1) is 11.9. The van der Waals surface area contributed by atoms with Crippen LogP contribution < -0.4 is 5.73 Å². The Morgan fingerprint density at radius 1 is 1.28 bits per heavy atom. The summed E-state index contributed by atoms with van der Waals surface area (Å²) in [5, 5.41) is 10.5. The molecule has 9 nitrogen and oxygen atoms in total. The van der Waals surface area contributed by atoms with Crippen LogP contribution in [0, 0.1) is 0 Å². The molecule has 2 aliphatic rings. The highest BCUT2D eigenvalue weighted by molar-refractivity contribution is 5.81. The molecule has 0 radical (unpaired) electrons. The van der Waals surface area contributed by atoms with Crippen LogP contribution in [0.2, 0.25) is 0 Å². The summed E-state index contributed by atoms with van der Waals surface area (Å²) in [6.07, 6.45) is 2.13. The Labute approximate surface area is 145 Å². The number of hydrogen-bond donors (Lipinski definition) is 2. The Kier molecular flexibility index (Phi) is 3.91. The number of nitrogens with zero attached hydrogens (tertiary/aromatic N) is 4. The lowest BCUT2D eigenvalue weighted by molar-refractivity contribution is -0.207. The molecule has 0 aliphatic carbocycles. The number of aromatic nitrogens is 4. The van der Waals surface area contributed by atoms with E-state index < -0.39 is 24.2 Å². The Morgan fingerprint density at radius 2 is 2.04 bits per heavy atom. The van der Waals surface area contributed by atoms with Crippen molar-refractivity contribution < 1.29 is 19.3 Å². The molecule has 136 valence electrons. The van der Waals surface area contributed by atoms with Gasteiger partial charge in [-0.2, -0.15) is 0 Å². The zero-order valence-corrected chi connectivity index (χ0v) is 14.5. The number of ether oxygens (including phenoxy) is 3. The van der Waals surface area contributed by atoms with E-state index in [9.17, 15) is 5.11 Å². The predicted octanol–water partition coefficient (Wildman–Crippen LogP) is 0.987. The first-order valence-corrected chi connectivity index (χ1v) is 8.53. The van der Waals surface area contributed by atoms with Crippen LogP contribution in [0.25, 0.3) is 11.2 Å². The highest BCUT2D eigenvalue weighted by Crippen LogP contribution is 2.45. The van der Waals surface area contributed by atoms with Crippen molar-refractivity contribution in [3.05, 3.63) is 12.7 Å². The van der Waals surface area contributed by atoms with Crippen LogP contribution >= 0.6 is 0 Å². The molecule has 0 bridgehead atoms. The van der Waals surface area contributed by atoms with Crippen molar-refractivity contribution >= 4 is 17.0 Å². The molecule has 0 amide bonds. The monoisotopic (exact) mass is 349 g/mol. The molecule has 2 saturated heterocycles. The largest absolute Gasteiger partial charge is 0.390 e.